The van der Waals surface area contributed by atoms with Crippen molar-refractivity contribution < 1.29 is 4.39 Å². The average molecular weight is 365 g/mol. The summed E-state index contributed by atoms with van der Waals surface area (Å²) in [5.74, 6) is -0.160. The lowest BCUT2D eigenvalue weighted by molar-refractivity contribution is 0.627. The zero-order valence-electron chi connectivity index (χ0n) is 17.4. The van der Waals surface area contributed by atoms with Gasteiger partial charge in [0.05, 0.1) is 0 Å². The molecule has 3 aromatic rings. The van der Waals surface area contributed by atoms with E-state index in [1.807, 2.05) is 6.92 Å². The zero-order valence-corrected chi connectivity index (χ0v) is 17.4. The van der Waals surface area contributed by atoms with Crippen molar-refractivity contribution in [3.8, 4) is 0 Å². The Bertz CT molecular complexity index is 727. The van der Waals surface area contributed by atoms with Gasteiger partial charge in [0, 0.05) is 0 Å². The van der Waals surface area contributed by atoms with Crippen LogP contribution < -0.4 is 0 Å². The first-order chi connectivity index (χ1) is 13.0. The maximum absolute atomic E-state index is 12.2. The molecule has 0 aromatic heterocycles. The van der Waals surface area contributed by atoms with Crippen molar-refractivity contribution in [3.05, 3.63) is 106 Å². The summed E-state index contributed by atoms with van der Waals surface area (Å²) < 4.78 is 12.2. The van der Waals surface area contributed by atoms with Gasteiger partial charge in [-0.2, -0.15) is 0 Å². The predicted octanol–water partition coefficient (Wildman–Crippen LogP) is 7.50. The normalized spacial score (nSPS) is 9.56. The van der Waals surface area contributed by atoms with Crippen LogP contribution in [0.2, 0.25) is 0 Å². The Kier molecular flexibility index (Phi) is 10.8. The smallest absolute Gasteiger partial charge is 0.123 e. The molecule has 0 amide bonds. The highest BCUT2D eigenvalue weighted by Crippen LogP contribution is 2.04. The highest BCUT2D eigenvalue weighted by atomic mass is 19.1. The van der Waals surface area contributed by atoms with Crippen molar-refractivity contribution >= 4 is 0 Å². The first-order valence-electron chi connectivity index (χ1n) is 9.84. The van der Waals surface area contributed by atoms with Crippen molar-refractivity contribution in [2.75, 3.05) is 0 Å². The van der Waals surface area contributed by atoms with E-state index in [0.717, 1.165) is 19.3 Å². The second-order valence-electron chi connectivity index (χ2n) is 6.67. The maximum Gasteiger partial charge on any atom is 0.123 e. The van der Waals surface area contributed by atoms with Crippen molar-refractivity contribution in [1.82, 2.24) is 0 Å². The molecule has 0 aliphatic carbocycles. The first-order valence-corrected chi connectivity index (χ1v) is 9.84. The molecule has 1 heteroatoms. The van der Waals surface area contributed by atoms with Gasteiger partial charge in [0.2, 0.25) is 0 Å². The van der Waals surface area contributed by atoms with E-state index in [1.54, 1.807) is 12.1 Å². The molecular weight excluding hydrogens is 331 g/mol. The van der Waals surface area contributed by atoms with Gasteiger partial charge in [0.25, 0.3) is 0 Å². The fourth-order valence-electron chi connectivity index (χ4n) is 2.58. The molecule has 3 rings (SSSR count). The minimum atomic E-state index is -0.160. The third-order valence-corrected chi connectivity index (χ3v) is 4.30. The highest BCUT2D eigenvalue weighted by Gasteiger charge is 1.88. The van der Waals surface area contributed by atoms with Gasteiger partial charge >= 0.3 is 0 Å². The third-order valence-electron chi connectivity index (χ3n) is 4.30. The Morgan fingerprint density at radius 1 is 0.556 bits per heavy atom. The summed E-state index contributed by atoms with van der Waals surface area (Å²) in [6, 6.07) is 23.8. The summed E-state index contributed by atoms with van der Waals surface area (Å²) in [5, 5.41) is 0. The molecule has 0 radical (unpaired) electrons. The highest BCUT2D eigenvalue weighted by molar-refractivity contribution is 5.22. The Labute approximate surface area is 165 Å². The van der Waals surface area contributed by atoms with Crippen LogP contribution in [-0.4, -0.2) is 0 Å². The van der Waals surface area contributed by atoms with Crippen LogP contribution in [0.1, 0.15) is 48.6 Å². The molecule has 0 aliphatic rings. The van der Waals surface area contributed by atoms with Gasteiger partial charge in [0.15, 0.2) is 0 Å². The molecular formula is C26H33F. The Hall–Kier alpha value is -2.41. The van der Waals surface area contributed by atoms with Crippen LogP contribution in [0.3, 0.4) is 0 Å². The Morgan fingerprint density at radius 3 is 1.26 bits per heavy atom. The van der Waals surface area contributed by atoms with Gasteiger partial charge in [0.1, 0.15) is 5.82 Å². The lowest BCUT2D eigenvalue weighted by Crippen LogP contribution is -1.78. The van der Waals surface area contributed by atoms with Crippen LogP contribution in [0.4, 0.5) is 4.39 Å². The van der Waals surface area contributed by atoms with Gasteiger partial charge in [-0.25, -0.2) is 4.39 Å². The van der Waals surface area contributed by atoms with E-state index in [-0.39, 0.29) is 5.82 Å². The summed E-state index contributed by atoms with van der Waals surface area (Å²) >= 11 is 0. The number of rotatable bonds is 3. The van der Waals surface area contributed by atoms with E-state index >= 15 is 0 Å². The molecule has 0 nitrogen and oxygen atoms in total. The zero-order chi connectivity index (χ0) is 20.1. The monoisotopic (exact) mass is 364 g/mol. The predicted molar refractivity (Wildman–Crippen MR) is 117 cm³/mol. The van der Waals surface area contributed by atoms with Crippen LogP contribution in [-0.2, 0) is 19.3 Å². The van der Waals surface area contributed by atoms with Crippen LogP contribution in [0.25, 0.3) is 0 Å². The van der Waals surface area contributed by atoms with E-state index < -0.39 is 0 Å². The molecule has 0 atom stereocenters. The molecule has 0 fully saturated rings. The number of hydrogen-bond acceptors (Lipinski definition) is 0. The summed E-state index contributed by atoms with van der Waals surface area (Å²) in [4.78, 5) is 0. The van der Waals surface area contributed by atoms with Crippen LogP contribution >= 0.6 is 0 Å². The van der Waals surface area contributed by atoms with Crippen molar-refractivity contribution in [2.24, 2.45) is 0 Å². The maximum atomic E-state index is 12.2. The molecule has 0 aliphatic heterocycles. The molecule has 0 saturated carbocycles. The fraction of sp³-hybridized carbons (Fsp3) is 0.308. The van der Waals surface area contributed by atoms with Crippen LogP contribution in [0.5, 0.6) is 0 Å². The summed E-state index contributed by atoms with van der Waals surface area (Å²) in [7, 11) is 0. The van der Waals surface area contributed by atoms with Gasteiger partial charge in [-0.05, 0) is 61.9 Å². The SMILES string of the molecule is CCc1ccc(F)cc1.CCc1cccc(C)c1.CCc1cccc(C)c1. The molecule has 3 aromatic carbocycles. The molecule has 0 N–H and O–H groups in total. The number of hydrogen-bond donors (Lipinski definition) is 0. The van der Waals surface area contributed by atoms with Gasteiger partial charge in [-0.15, -0.1) is 0 Å². The third kappa shape index (κ3) is 9.75. The van der Waals surface area contributed by atoms with E-state index in [2.05, 4.69) is 76.2 Å². The molecule has 0 unspecified atom stereocenters. The molecule has 144 valence electrons. The van der Waals surface area contributed by atoms with E-state index in [9.17, 15) is 4.39 Å². The molecule has 0 bridgehead atoms. The summed E-state index contributed by atoms with van der Waals surface area (Å²) in [5.41, 5.74) is 6.74. The standard InChI is InChI=1S/2C9H12.C8H9F/c2*1-3-9-6-4-5-8(2)7-9;1-2-7-3-5-8(9)6-4-7/h2*4-7H,3H2,1-2H3;3-6H,2H2,1H3. The Balaban J connectivity index is 0.000000202. The number of benzene rings is 3. The summed E-state index contributed by atoms with van der Waals surface area (Å²) in [6.45, 7) is 10.6. The van der Waals surface area contributed by atoms with Crippen molar-refractivity contribution in [2.45, 2.75) is 53.9 Å². The fourth-order valence-corrected chi connectivity index (χ4v) is 2.58. The topological polar surface area (TPSA) is 0 Å². The van der Waals surface area contributed by atoms with Gasteiger partial charge in [-0.3, -0.25) is 0 Å². The minimum absolute atomic E-state index is 0.160. The molecule has 0 saturated heterocycles. The lowest BCUT2D eigenvalue weighted by Gasteiger charge is -1.95. The van der Waals surface area contributed by atoms with E-state index in [0.29, 0.717) is 0 Å². The number of halogens is 1. The lowest BCUT2D eigenvalue weighted by atomic mass is 10.1. The van der Waals surface area contributed by atoms with Crippen molar-refractivity contribution in [3.63, 3.8) is 0 Å². The molecule has 0 heterocycles. The second kappa shape index (κ2) is 12.9. The quantitative estimate of drug-likeness (QED) is 0.451. The van der Waals surface area contributed by atoms with E-state index in [4.69, 9.17) is 0 Å². The average Bonchev–Trinajstić information content (AvgIpc) is 2.69. The number of aryl methyl sites for hydroxylation is 5. The second-order valence-corrected chi connectivity index (χ2v) is 6.67. The first kappa shape index (κ1) is 22.6. The van der Waals surface area contributed by atoms with Gasteiger partial charge < -0.3 is 0 Å². The van der Waals surface area contributed by atoms with Crippen molar-refractivity contribution in [1.29, 1.82) is 0 Å². The van der Waals surface area contributed by atoms with E-state index in [1.165, 1.54) is 39.9 Å². The molecule has 0 spiro atoms. The minimum Gasteiger partial charge on any atom is -0.207 e. The Morgan fingerprint density at radius 2 is 0.963 bits per heavy atom. The van der Waals surface area contributed by atoms with Crippen LogP contribution in [0.15, 0.2) is 72.8 Å². The van der Waals surface area contributed by atoms with Gasteiger partial charge in [-0.1, -0.05) is 92.6 Å². The summed E-state index contributed by atoms with van der Waals surface area (Å²) in [6.07, 6.45) is 3.25. The largest absolute Gasteiger partial charge is 0.207 e. The molecule has 27 heavy (non-hydrogen) atoms. The van der Waals surface area contributed by atoms with Crippen LogP contribution in [0, 0.1) is 19.7 Å².